The number of fused-ring (bicyclic) bond motifs is 1. The predicted molar refractivity (Wildman–Crippen MR) is 55.6 cm³/mol. The number of ether oxygens (including phenoxy) is 1. The number of esters is 1. The highest BCUT2D eigenvalue weighted by Gasteiger charge is 2.07. The second kappa shape index (κ2) is 4.03. The van der Waals surface area contributed by atoms with E-state index in [1.807, 2.05) is 6.07 Å². The molecule has 2 rings (SSSR count). The number of imidazole rings is 1. The third-order valence-electron chi connectivity index (χ3n) is 2.18. The first-order chi connectivity index (χ1) is 7.72. The molecule has 0 aliphatic heterocycles. The normalized spacial score (nSPS) is 10.0. The molecule has 0 unspecified atom stereocenters. The Bertz CT molecular complexity index is 580. The molecule has 0 radical (unpaired) electrons. The third-order valence-corrected chi connectivity index (χ3v) is 2.18. The second-order valence-electron chi connectivity index (χ2n) is 3.28. The van der Waals surface area contributed by atoms with Gasteiger partial charge < -0.3 is 9.14 Å². The van der Waals surface area contributed by atoms with Crippen molar-refractivity contribution < 1.29 is 9.53 Å². The Balaban J connectivity index is 2.37. The highest BCUT2D eigenvalue weighted by Crippen LogP contribution is 2.08. The minimum absolute atomic E-state index is 0.139. The van der Waals surface area contributed by atoms with E-state index >= 15 is 0 Å². The zero-order valence-electron chi connectivity index (χ0n) is 8.67. The van der Waals surface area contributed by atoms with Crippen molar-refractivity contribution in [3.63, 3.8) is 0 Å². The summed E-state index contributed by atoms with van der Waals surface area (Å²) >= 11 is 0. The Morgan fingerprint density at radius 1 is 1.56 bits per heavy atom. The lowest BCUT2D eigenvalue weighted by Crippen LogP contribution is -2.04. The molecule has 0 aliphatic rings. The standard InChI is InChI=1S/C11H9N3O2/c1-16-11(15)4-9-7-14-6-8(5-12)2-3-10(14)13-9/h2-3,6-7H,4H2,1H3. The van der Waals surface area contributed by atoms with E-state index in [2.05, 4.69) is 9.72 Å². The fraction of sp³-hybridized carbons (Fsp3) is 0.182. The molecule has 5 heteroatoms. The van der Waals surface area contributed by atoms with Gasteiger partial charge in [0.2, 0.25) is 0 Å². The van der Waals surface area contributed by atoms with E-state index < -0.39 is 0 Å². The molecular weight excluding hydrogens is 206 g/mol. The van der Waals surface area contributed by atoms with E-state index in [1.54, 1.807) is 28.9 Å². The Hall–Kier alpha value is -2.35. The van der Waals surface area contributed by atoms with Gasteiger partial charge in [-0.25, -0.2) is 4.98 Å². The van der Waals surface area contributed by atoms with Gasteiger partial charge in [-0.05, 0) is 12.1 Å². The van der Waals surface area contributed by atoms with E-state index in [4.69, 9.17) is 5.26 Å². The highest BCUT2D eigenvalue weighted by atomic mass is 16.5. The molecule has 0 aromatic carbocycles. The molecule has 2 heterocycles. The van der Waals surface area contributed by atoms with Gasteiger partial charge >= 0.3 is 5.97 Å². The van der Waals surface area contributed by atoms with Crippen LogP contribution in [0.15, 0.2) is 24.5 Å². The summed E-state index contributed by atoms with van der Waals surface area (Å²) in [6.45, 7) is 0. The molecule has 0 bridgehead atoms. The molecule has 0 saturated carbocycles. The lowest BCUT2D eigenvalue weighted by atomic mass is 10.3. The average molecular weight is 215 g/mol. The van der Waals surface area contributed by atoms with E-state index in [1.165, 1.54) is 7.11 Å². The van der Waals surface area contributed by atoms with Gasteiger partial charge in [-0.2, -0.15) is 5.26 Å². The first-order valence-corrected chi connectivity index (χ1v) is 4.67. The number of nitrogens with zero attached hydrogens (tertiary/aromatic N) is 3. The molecule has 2 aromatic heterocycles. The van der Waals surface area contributed by atoms with E-state index in [-0.39, 0.29) is 12.4 Å². The summed E-state index contributed by atoms with van der Waals surface area (Å²) in [5.41, 5.74) is 1.88. The Morgan fingerprint density at radius 2 is 2.38 bits per heavy atom. The number of hydrogen-bond donors (Lipinski definition) is 0. The van der Waals surface area contributed by atoms with Crippen molar-refractivity contribution in [3.8, 4) is 6.07 Å². The van der Waals surface area contributed by atoms with Crippen LogP contribution < -0.4 is 0 Å². The molecule has 0 spiro atoms. The van der Waals surface area contributed by atoms with Crippen molar-refractivity contribution in [2.45, 2.75) is 6.42 Å². The minimum Gasteiger partial charge on any atom is -0.469 e. The maximum absolute atomic E-state index is 11.1. The van der Waals surface area contributed by atoms with Crippen LogP contribution in [0.3, 0.4) is 0 Å². The van der Waals surface area contributed by atoms with Crippen molar-refractivity contribution in [1.82, 2.24) is 9.38 Å². The summed E-state index contributed by atoms with van der Waals surface area (Å²) in [7, 11) is 1.34. The van der Waals surface area contributed by atoms with Gasteiger partial charge in [0.25, 0.3) is 0 Å². The van der Waals surface area contributed by atoms with Crippen molar-refractivity contribution in [3.05, 3.63) is 35.8 Å². The van der Waals surface area contributed by atoms with Crippen LogP contribution in [0.4, 0.5) is 0 Å². The van der Waals surface area contributed by atoms with Gasteiger partial charge in [0.05, 0.1) is 24.8 Å². The lowest BCUT2D eigenvalue weighted by Gasteiger charge is -1.93. The number of rotatable bonds is 2. The van der Waals surface area contributed by atoms with Crippen LogP contribution in [0.25, 0.3) is 5.65 Å². The highest BCUT2D eigenvalue weighted by molar-refractivity contribution is 5.72. The van der Waals surface area contributed by atoms with Crippen LogP contribution in [0.5, 0.6) is 0 Å². The first-order valence-electron chi connectivity index (χ1n) is 4.67. The van der Waals surface area contributed by atoms with Crippen molar-refractivity contribution >= 4 is 11.6 Å². The van der Waals surface area contributed by atoms with Crippen LogP contribution in [0.2, 0.25) is 0 Å². The van der Waals surface area contributed by atoms with Crippen molar-refractivity contribution in [2.24, 2.45) is 0 Å². The van der Waals surface area contributed by atoms with Gasteiger partial charge in [0.15, 0.2) is 0 Å². The molecule has 16 heavy (non-hydrogen) atoms. The van der Waals surface area contributed by atoms with Crippen molar-refractivity contribution in [2.75, 3.05) is 7.11 Å². The predicted octanol–water partition coefficient (Wildman–Crippen LogP) is 0.921. The SMILES string of the molecule is COC(=O)Cc1cn2cc(C#N)ccc2n1. The minimum atomic E-state index is -0.330. The largest absolute Gasteiger partial charge is 0.469 e. The van der Waals surface area contributed by atoms with E-state index in [0.717, 1.165) is 0 Å². The molecule has 5 nitrogen and oxygen atoms in total. The van der Waals surface area contributed by atoms with Gasteiger partial charge in [-0.3, -0.25) is 4.79 Å². The zero-order valence-corrected chi connectivity index (χ0v) is 8.67. The zero-order chi connectivity index (χ0) is 11.5. The maximum Gasteiger partial charge on any atom is 0.311 e. The number of carbonyl (C=O) groups excluding carboxylic acids is 1. The van der Waals surface area contributed by atoms with Crippen LogP contribution in [0.1, 0.15) is 11.3 Å². The van der Waals surface area contributed by atoms with Gasteiger partial charge in [-0.1, -0.05) is 0 Å². The Morgan fingerprint density at radius 3 is 3.06 bits per heavy atom. The molecular formula is C11H9N3O2. The fourth-order valence-electron chi connectivity index (χ4n) is 1.42. The quantitative estimate of drug-likeness (QED) is 0.698. The topological polar surface area (TPSA) is 67.4 Å². The summed E-state index contributed by atoms with van der Waals surface area (Å²) in [4.78, 5) is 15.3. The Labute approximate surface area is 91.9 Å². The molecule has 0 aliphatic carbocycles. The van der Waals surface area contributed by atoms with E-state index in [0.29, 0.717) is 16.9 Å². The average Bonchev–Trinajstić information content (AvgIpc) is 2.69. The smallest absolute Gasteiger partial charge is 0.311 e. The molecule has 0 amide bonds. The number of pyridine rings is 1. The Kier molecular flexibility index (Phi) is 2.56. The lowest BCUT2D eigenvalue weighted by molar-refractivity contribution is -0.139. The summed E-state index contributed by atoms with van der Waals surface area (Å²) in [5, 5.41) is 8.73. The van der Waals surface area contributed by atoms with Gasteiger partial charge in [-0.15, -0.1) is 0 Å². The van der Waals surface area contributed by atoms with Gasteiger partial charge in [0, 0.05) is 12.4 Å². The molecule has 0 N–H and O–H groups in total. The number of methoxy groups -OCH3 is 1. The third kappa shape index (κ3) is 1.86. The number of hydrogen-bond acceptors (Lipinski definition) is 4. The molecule has 0 atom stereocenters. The molecule has 2 aromatic rings. The van der Waals surface area contributed by atoms with Crippen LogP contribution >= 0.6 is 0 Å². The molecule has 0 saturated heterocycles. The summed E-state index contributed by atoms with van der Waals surface area (Å²) < 4.78 is 6.27. The van der Waals surface area contributed by atoms with Crippen LogP contribution in [-0.2, 0) is 16.0 Å². The summed E-state index contributed by atoms with van der Waals surface area (Å²) in [6.07, 6.45) is 3.52. The summed E-state index contributed by atoms with van der Waals surface area (Å²) in [5.74, 6) is -0.330. The maximum atomic E-state index is 11.1. The monoisotopic (exact) mass is 215 g/mol. The first kappa shape index (κ1) is 10.2. The van der Waals surface area contributed by atoms with E-state index in [9.17, 15) is 4.79 Å². The number of aromatic nitrogens is 2. The van der Waals surface area contributed by atoms with Crippen LogP contribution in [-0.4, -0.2) is 22.5 Å². The molecule has 80 valence electrons. The summed E-state index contributed by atoms with van der Waals surface area (Å²) in [6, 6.07) is 5.46. The fourth-order valence-corrected chi connectivity index (χ4v) is 1.42. The number of carbonyl (C=O) groups is 1. The van der Waals surface area contributed by atoms with Crippen molar-refractivity contribution in [1.29, 1.82) is 5.26 Å². The van der Waals surface area contributed by atoms with Gasteiger partial charge in [0.1, 0.15) is 11.7 Å². The second-order valence-corrected chi connectivity index (χ2v) is 3.28. The number of nitriles is 1. The molecule has 0 fully saturated rings. The van der Waals surface area contributed by atoms with Crippen LogP contribution in [0, 0.1) is 11.3 Å².